The first-order valence-electron chi connectivity index (χ1n) is 7.77. The van der Waals surface area contributed by atoms with Crippen molar-refractivity contribution < 1.29 is 4.39 Å². The molecule has 3 rings (SSSR count). The zero-order chi connectivity index (χ0) is 14.2. The molecule has 0 aromatic heterocycles. The van der Waals surface area contributed by atoms with Gasteiger partial charge in [-0.05, 0) is 67.2 Å². The molecule has 0 radical (unpaired) electrons. The van der Waals surface area contributed by atoms with Crippen molar-refractivity contribution in [2.75, 3.05) is 13.1 Å². The van der Waals surface area contributed by atoms with Crippen molar-refractivity contribution >= 4 is 11.6 Å². The minimum Gasteiger partial charge on any atom is -0.316 e. The lowest BCUT2D eigenvalue weighted by molar-refractivity contribution is 0.156. The molecule has 0 saturated heterocycles. The van der Waals surface area contributed by atoms with Gasteiger partial charge < -0.3 is 5.32 Å². The molecule has 0 amide bonds. The number of benzene rings is 1. The summed E-state index contributed by atoms with van der Waals surface area (Å²) >= 11 is 5.86. The lowest BCUT2D eigenvalue weighted by atomic mass is 9.69. The maximum atomic E-state index is 14.1. The normalized spacial score (nSPS) is 31.9. The van der Waals surface area contributed by atoms with Crippen molar-refractivity contribution in [1.29, 1.82) is 0 Å². The van der Waals surface area contributed by atoms with Gasteiger partial charge in [-0.3, -0.25) is 0 Å². The van der Waals surface area contributed by atoms with Crippen LogP contribution in [0.1, 0.15) is 38.2 Å². The average Bonchev–Trinajstić information content (AvgIpc) is 3.01. The first-order chi connectivity index (χ1) is 9.63. The summed E-state index contributed by atoms with van der Waals surface area (Å²) in [6.07, 6.45) is 6.16. The Kier molecular flexibility index (Phi) is 4.05. The molecule has 2 bridgehead atoms. The molecule has 2 aliphatic rings. The number of hydrogen-bond acceptors (Lipinski definition) is 1. The van der Waals surface area contributed by atoms with Crippen molar-refractivity contribution in [1.82, 2.24) is 5.32 Å². The molecule has 3 unspecified atom stereocenters. The minimum absolute atomic E-state index is 0.142. The summed E-state index contributed by atoms with van der Waals surface area (Å²) in [7, 11) is 0. The molecule has 2 saturated carbocycles. The minimum atomic E-state index is -0.142. The van der Waals surface area contributed by atoms with Crippen LogP contribution in [0.2, 0.25) is 5.02 Å². The van der Waals surface area contributed by atoms with E-state index in [0.717, 1.165) is 36.9 Å². The fourth-order valence-corrected chi connectivity index (χ4v) is 4.63. The van der Waals surface area contributed by atoms with Gasteiger partial charge in [0.15, 0.2) is 0 Å². The van der Waals surface area contributed by atoms with Crippen molar-refractivity contribution in [3.8, 4) is 0 Å². The Labute approximate surface area is 125 Å². The van der Waals surface area contributed by atoms with Gasteiger partial charge in [-0.25, -0.2) is 4.39 Å². The van der Waals surface area contributed by atoms with Gasteiger partial charge in [-0.1, -0.05) is 31.0 Å². The Morgan fingerprint density at radius 1 is 1.40 bits per heavy atom. The van der Waals surface area contributed by atoms with E-state index in [1.54, 1.807) is 0 Å². The molecular formula is C17H23ClFN. The van der Waals surface area contributed by atoms with Gasteiger partial charge in [0.2, 0.25) is 0 Å². The summed E-state index contributed by atoms with van der Waals surface area (Å²) in [5.74, 6) is 1.49. The third-order valence-electron chi connectivity index (χ3n) is 5.39. The van der Waals surface area contributed by atoms with Crippen LogP contribution in [0.4, 0.5) is 4.39 Å². The van der Waals surface area contributed by atoms with Gasteiger partial charge in [0.1, 0.15) is 5.82 Å². The first kappa shape index (κ1) is 14.3. The number of rotatable bonds is 5. The summed E-state index contributed by atoms with van der Waals surface area (Å²) in [5, 5.41) is 4.00. The highest BCUT2D eigenvalue weighted by atomic mass is 35.5. The van der Waals surface area contributed by atoms with Gasteiger partial charge in [0.25, 0.3) is 0 Å². The highest BCUT2D eigenvalue weighted by Gasteiger charge is 2.50. The summed E-state index contributed by atoms with van der Waals surface area (Å²) in [6.45, 7) is 4.15. The molecule has 1 N–H and O–H groups in total. The van der Waals surface area contributed by atoms with Crippen LogP contribution < -0.4 is 5.32 Å². The molecular weight excluding hydrogens is 273 g/mol. The molecule has 0 spiro atoms. The van der Waals surface area contributed by atoms with E-state index in [-0.39, 0.29) is 11.2 Å². The topological polar surface area (TPSA) is 12.0 Å². The van der Waals surface area contributed by atoms with Gasteiger partial charge >= 0.3 is 0 Å². The van der Waals surface area contributed by atoms with E-state index >= 15 is 0 Å². The number of halogens is 2. The van der Waals surface area contributed by atoms with E-state index in [9.17, 15) is 4.39 Å². The standard InChI is InChI=1S/C17H23ClFN/c1-2-20-11-17(9-12-3-5-14(17)7-12)10-13-4-6-15(18)8-16(13)19/h4,6,8,12,14,20H,2-3,5,7,9-11H2,1H3. The summed E-state index contributed by atoms with van der Waals surface area (Å²) in [5.41, 5.74) is 1.09. The second kappa shape index (κ2) is 5.65. The van der Waals surface area contributed by atoms with E-state index in [1.807, 2.05) is 12.1 Å². The average molecular weight is 296 g/mol. The summed E-state index contributed by atoms with van der Waals surface area (Å²) in [4.78, 5) is 0. The maximum absolute atomic E-state index is 14.1. The quantitative estimate of drug-likeness (QED) is 0.847. The van der Waals surface area contributed by atoms with Gasteiger partial charge in [-0.15, -0.1) is 0 Å². The fraction of sp³-hybridized carbons (Fsp3) is 0.647. The Morgan fingerprint density at radius 2 is 2.25 bits per heavy atom. The predicted molar refractivity (Wildman–Crippen MR) is 81.5 cm³/mol. The third kappa shape index (κ3) is 2.60. The van der Waals surface area contributed by atoms with Crippen LogP contribution in [0.5, 0.6) is 0 Å². The molecule has 0 aliphatic heterocycles. The lowest BCUT2D eigenvalue weighted by Gasteiger charge is -2.38. The predicted octanol–water partition coefficient (Wildman–Crippen LogP) is 4.44. The van der Waals surface area contributed by atoms with E-state index in [2.05, 4.69) is 12.2 Å². The van der Waals surface area contributed by atoms with Crippen molar-refractivity contribution in [3.63, 3.8) is 0 Å². The zero-order valence-electron chi connectivity index (χ0n) is 12.1. The van der Waals surface area contributed by atoms with Crippen LogP contribution >= 0.6 is 11.6 Å². The zero-order valence-corrected chi connectivity index (χ0v) is 12.8. The first-order valence-corrected chi connectivity index (χ1v) is 8.15. The van der Waals surface area contributed by atoms with Crippen LogP contribution in [0.15, 0.2) is 18.2 Å². The molecule has 1 nitrogen and oxygen atoms in total. The molecule has 1 aromatic carbocycles. The molecule has 110 valence electrons. The van der Waals surface area contributed by atoms with Gasteiger partial charge in [0.05, 0.1) is 0 Å². The summed E-state index contributed by atoms with van der Waals surface area (Å²) < 4.78 is 14.1. The summed E-state index contributed by atoms with van der Waals surface area (Å²) in [6, 6.07) is 5.14. The van der Waals surface area contributed by atoms with Gasteiger partial charge in [0, 0.05) is 11.6 Å². The molecule has 2 aliphatic carbocycles. The third-order valence-corrected chi connectivity index (χ3v) is 5.62. The van der Waals surface area contributed by atoms with E-state index in [4.69, 9.17) is 11.6 Å². The van der Waals surface area contributed by atoms with Crippen LogP contribution in [-0.4, -0.2) is 13.1 Å². The number of nitrogens with one attached hydrogen (secondary N) is 1. The Bertz CT molecular complexity index is 490. The molecule has 20 heavy (non-hydrogen) atoms. The second-order valence-corrected chi connectivity index (χ2v) is 7.07. The van der Waals surface area contributed by atoms with Crippen LogP contribution in [0.25, 0.3) is 0 Å². The Balaban J connectivity index is 1.83. The SMILES string of the molecule is CCNCC1(Cc2ccc(Cl)cc2F)CC2CCC1C2. The lowest BCUT2D eigenvalue weighted by Crippen LogP contribution is -2.40. The van der Waals surface area contributed by atoms with Crippen LogP contribution in [0, 0.1) is 23.1 Å². The van der Waals surface area contributed by atoms with Crippen molar-refractivity contribution in [2.45, 2.75) is 39.0 Å². The van der Waals surface area contributed by atoms with Crippen LogP contribution in [0.3, 0.4) is 0 Å². The number of fused-ring (bicyclic) bond motifs is 2. The second-order valence-electron chi connectivity index (χ2n) is 6.64. The molecule has 3 atom stereocenters. The molecule has 1 aromatic rings. The molecule has 3 heteroatoms. The molecule has 0 heterocycles. The molecule has 2 fully saturated rings. The van der Waals surface area contributed by atoms with Crippen LogP contribution in [-0.2, 0) is 6.42 Å². The van der Waals surface area contributed by atoms with E-state index in [0.29, 0.717) is 5.02 Å². The smallest absolute Gasteiger partial charge is 0.127 e. The fourth-order valence-electron chi connectivity index (χ4n) is 4.47. The van der Waals surface area contributed by atoms with E-state index < -0.39 is 0 Å². The highest BCUT2D eigenvalue weighted by molar-refractivity contribution is 6.30. The van der Waals surface area contributed by atoms with Crippen molar-refractivity contribution in [3.05, 3.63) is 34.6 Å². The maximum Gasteiger partial charge on any atom is 0.127 e. The van der Waals surface area contributed by atoms with Crippen molar-refractivity contribution in [2.24, 2.45) is 17.3 Å². The number of hydrogen-bond donors (Lipinski definition) is 1. The highest BCUT2D eigenvalue weighted by Crippen LogP contribution is 2.57. The largest absolute Gasteiger partial charge is 0.316 e. The Hall–Kier alpha value is -0.600. The van der Waals surface area contributed by atoms with Gasteiger partial charge in [-0.2, -0.15) is 0 Å². The Morgan fingerprint density at radius 3 is 2.85 bits per heavy atom. The monoisotopic (exact) mass is 295 g/mol. The van der Waals surface area contributed by atoms with E-state index in [1.165, 1.54) is 31.7 Å².